The summed E-state index contributed by atoms with van der Waals surface area (Å²) in [5.74, 6) is -0.0417. The van der Waals surface area contributed by atoms with Crippen molar-refractivity contribution in [3.63, 3.8) is 0 Å². The molecule has 3 rings (SSSR count). The fraction of sp³-hybridized carbons (Fsp3) is 0.0556. The Balaban J connectivity index is 1.75. The van der Waals surface area contributed by atoms with Crippen molar-refractivity contribution in [2.24, 2.45) is 5.16 Å². The van der Waals surface area contributed by atoms with Crippen LogP contribution in [0.4, 0.5) is 14.9 Å². The predicted octanol–water partition coefficient (Wildman–Crippen LogP) is 5.68. The van der Waals surface area contributed by atoms with Crippen LogP contribution in [-0.4, -0.2) is 17.5 Å². The number of aromatic nitrogens is 1. The smallest absolute Gasteiger partial charge is 0.359 e. The molecule has 0 fully saturated rings. The molecule has 0 bridgehead atoms. The van der Waals surface area contributed by atoms with Crippen molar-refractivity contribution >= 4 is 41.2 Å². The van der Waals surface area contributed by atoms with Gasteiger partial charge < -0.3 is 4.52 Å². The first kappa shape index (κ1) is 18.9. The summed E-state index contributed by atoms with van der Waals surface area (Å²) >= 11 is 12.4. The van der Waals surface area contributed by atoms with Crippen molar-refractivity contribution in [2.45, 2.75) is 6.92 Å². The molecule has 0 atom stereocenters. The van der Waals surface area contributed by atoms with Crippen LogP contribution in [0, 0.1) is 12.7 Å². The molecule has 0 aliphatic carbocycles. The van der Waals surface area contributed by atoms with Gasteiger partial charge in [0.25, 0.3) is 0 Å². The molecule has 2 aromatic carbocycles. The van der Waals surface area contributed by atoms with Gasteiger partial charge in [-0.3, -0.25) is 10.2 Å². The summed E-state index contributed by atoms with van der Waals surface area (Å²) in [6.07, 6.45) is 0.398. The van der Waals surface area contributed by atoms with Crippen molar-refractivity contribution < 1.29 is 18.5 Å². The highest BCUT2D eigenvalue weighted by atomic mass is 35.5. The zero-order valence-corrected chi connectivity index (χ0v) is 15.4. The van der Waals surface area contributed by atoms with E-state index in [-0.39, 0.29) is 17.2 Å². The number of benzene rings is 2. The summed E-state index contributed by atoms with van der Waals surface area (Å²) in [5, 5.41) is 10.7. The Bertz CT molecular complexity index is 983. The second-order valence-corrected chi connectivity index (χ2v) is 6.16. The van der Waals surface area contributed by atoms with E-state index in [0.29, 0.717) is 26.9 Å². The molecule has 9 heteroatoms. The number of oxime groups is 1. The maximum Gasteiger partial charge on any atom is 0.438 e. The molecular formula is C18H12Cl2FN3O3. The fourth-order valence-electron chi connectivity index (χ4n) is 2.22. The highest BCUT2D eigenvalue weighted by molar-refractivity contribution is 6.39. The van der Waals surface area contributed by atoms with Crippen molar-refractivity contribution in [1.82, 2.24) is 5.16 Å². The molecular weight excluding hydrogens is 396 g/mol. The molecule has 0 aliphatic rings. The number of aryl methyl sites for hydroxylation is 1. The van der Waals surface area contributed by atoms with Gasteiger partial charge in [-0.05, 0) is 36.8 Å². The Kier molecular flexibility index (Phi) is 5.73. The summed E-state index contributed by atoms with van der Waals surface area (Å²) in [7, 11) is 0. The number of amides is 1. The molecule has 1 aromatic heterocycles. The van der Waals surface area contributed by atoms with Crippen LogP contribution in [0.25, 0.3) is 11.3 Å². The largest absolute Gasteiger partial charge is 0.438 e. The number of carbonyl (C=O) groups is 1. The highest BCUT2D eigenvalue weighted by Gasteiger charge is 2.21. The van der Waals surface area contributed by atoms with Crippen LogP contribution in [0.15, 0.2) is 52.1 Å². The predicted molar refractivity (Wildman–Crippen MR) is 101 cm³/mol. The molecule has 1 amide bonds. The van der Waals surface area contributed by atoms with Crippen LogP contribution in [0.5, 0.6) is 0 Å². The third-order valence-electron chi connectivity index (χ3n) is 3.50. The molecule has 3 aromatic rings. The highest BCUT2D eigenvalue weighted by Crippen LogP contribution is 2.39. The standard InChI is InChI=1S/C18H12Cl2FN3O3/c1-10-16(17(24-26-10)15-13(19)3-2-4-14(15)20)23-18(25)27-22-9-11-5-7-12(21)8-6-11/h2-9H,1H3,(H,23,25)/b22-9-. The summed E-state index contributed by atoms with van der Waals surface area (Å²) in [6.45, 7) is 1.61. The molecule has 138 valence electrons. The zero-order valence-electron chi connectivity index (χ0n) is 13.9. The van der Waals surface area contributed by atoms with E-state index in [1.54, 1.807) is 25.1 Å². The Morgan fingerprint density at radius 1 is 1.22 bits per heavy atom. The average Bonchev–Trinajstić information content (AvgIpc) is 2.97. The average molecular weight is 408 g/mol. The third-order valence-corrected chi connectivity index (χ3v) is 4.13. The van der Waals surface area contributed by atoms with Crippen LogP contribution in [0.3, 0.4) is 0 Å². The lowest BCUT2D eigenvalue weighted by Gasteiger charge is -2.07. The molecule has 1 N–H and O–H groups in total. The fourth-order valence-corrected chi connectivity index (χ4v) is 2.80. The van der Waals surface area contributed by atoms with Gasteiger partial charge in [0.15, 0.2) is 5.76 Å². The van der Waals surface area contributed by atoms with Crippen LogP contribution in [-0.2, 0) is 4.84 Å². The number of halogens is 3. The lowest BCUT2D eigenvalue weighted by Crippen LogP contribution is -2.12. The Hall–Kier alpha value is -2.90. The van der Waals surface area contributed by atoms with Crippen molar-refractivity contribution in [3.05, 3.63) is 69.7 Å². The van der Waals surface area contributed by atoms with Gasteiger partial charge in [0.1, 0.15) is 17.2 Å². The maximum absolute atomic E-state index is 12.8. The van der Waals surface area contributed by atoms with Gasteiger partial charge >= 0.3 is 6.09 Å². The van der Waals surface area contributed by atoms with Crippen molar-refractivity contribution in [2.75, 3.05) is 5.32 Å². The molecule has 0 saturated heterocycles. The molecule has 0 aliphatic heterocycles. The van der Waals surface area contributed by atoms with E-state index in [1.165, 1.54) is 30.5 Å². The number of nitrogens with zero attached hydrogens (tertiary/aromatic N) is 2. The van der Waals surface area contributed by atoms with E-state index in [2.05, 4.69) is 15.6 Å². The molecule has 0 saturated carbocycles. The van der Waals surface area contributed by atoms with Crippen LogP contribution < -0.4 is 5.32 Å². The topological polar surface area (TPSA) is 76.7 Å². The van der Waals surface area contributed by atoms with E-state index in [4.69, 9.17) is 32.6 Å². The number of hydrogen-bond acceptors (Lipinski definition) is 5. The molecule has 0 spiro atoms. The summed E-state index contributed by atoms with van der Waals surface area (Å²) in [5.41, 5.74) is 1.51. The summed E-state index contributed by atoms with van der Waals surface area (Å²) in [6, 6.07) is 10.5. The second-order valence-electron chi connectivity index (χ2n) is 5.35. The first-order valence-corrected chi connectivity index (χ1v) is 8.39. The second kappa shape index (κ2) is 8.20. The Morgan fingerprint density at radius 3 is 2.56 bits per heavy atom. The van der Waals surface area contributed by atoms with Crippen molar-refractivity contribution in [3.8, 4) is 11.3 Å². The van der Waals surface area contributed by atoms with E-state index in [1.807, 2.05) is 0 Å². The normalized spacial score (nSPS) is 11.0. The Morgan fingerprint density at radius 2 is 1.89 bits per heavy atom. The monoisotopic (exact) mass is 407 g/mol. The van der Waals surface area contributed by atoms with E-state index >= 15 is 0 Å². The lowest BCUT2D eigenvalue weighted by molar-refractivity contribution is 0.167. The van der Waals surface area contributed by atoms with Crippen LogP contribution in [0.2, 0.25) is 10.0 Å². The summed E-state index contributed by atoms with van der Waals surface area (Å²) < 4.78 is 18.0. The quantitative estimate of drug-likeness (QED) is 0.342. The number of anilines is 1. The van der Waals surface area contributed by atoms with Crippen LogP contribution in [0.1, 0.15) is 11.3 Å². The Labute approximate surface area is 163 Å². The van der Waals surface area contributed by atoms with Gasteiger partial charge in [0, 0.05) is 5.56 Å². The van der Waals surface area contributed by atoms with Gasteiger partial charge in [0.05, 0.1) is 16.3 Å². The number of hydrogen-bond donors (Lipinski definition) is 1. The number of rotatable bonds is 4. The van der Waals surface area contributed by atoms with E-state index in [0.717, 1.165) is 0 Å². The SMILES string of the molecule is Cc1onc(-c2c(Cl)cccc2Cl)c1NC(=O)O/N=C\c1ccc(F)cc1. The number of nitrogens with one attached hydrogen (secondary N) is 1. The van der Waals surface area contributed by atoms with Gasteiger partial charge in [-0.25, -0.2) is 9.18 Å². The third kappa shape index (κ3) is 4.45. The zero-order chi connectivity index (χ0) is 19.4. The minimum Gasteiger partial charge on any atom is -0.359 e. The van der Waals surface area contributed by atoms with Crippen molar-refractivity contribution in [1.29, 1.82) is 0 Å². The lowest BCUT2D eigenvalue weighted by atomic mass is 10.1. The maximum atomic E-state index is 12.8. The molecule has 27 heavy (non-hydrogen) atoms. The van der Waals surface area contributed by atoms with Crippen LogP contribution >= 0.6 is 23.2 Å². The van der Waals surface area contributed by atoms with Gasteiger partial charge in [-0.1, -0.05) is 51.7 Å². The first-order chi connectivity index (χ1) is 13.0. The molecule has 0 radical (unpaired) electrons. The van der Waals surface area contributed by atoms with Gasteiger partial charge in [0.2, 0.25) is 0 Å². The van der Waals surface area contributed by atoms with Gasteiger partial charge in [-0.2, -0.15) is 0 Å². The first-order valence-electron chi connectivity index (χ1n) is 7.63. The molecule has 6 nitrogen and oxygen atoms in total. The van der Waals surface area contributed by atoms with E-state index < -0.39 is 6.09 Å². The van der Waals surface area contributed by atoms with E-state index in [9.17, 15) is 9.18 Å². The summed E-state index contributed by atoms with van der Waals surface area (Å²) in [4.78, 5) is 16.8. The van der Waals surface area contributed by atoms with Gasteiger partial charge in [-0.15, -0.1) is 0 Å². The number of carbonyl (C=O) groups excluding carboxylic acids is 1. The minimum atomic E-state index is -0.871. The molecule has 1 heterocycles. The minimum absolute atomic E-state index is 0.256. The molecule has 0 unspecified atom stereocenters.